The van der Waals surface area contributed by atoms with Crippen molar-refractivity contribution < 1.29 is 4.79 Å². The quantitative estimate of drug-likeness (QED) is 0.823. The maximum Gasteiger partial charge on any atom is 0.224 e. The van der Waals surface area contributed by atoms with Crippen LogP contribution in [-0.4, -0.2) is 43.5 Å². The van der Waals surface area contributed by atoms with Gasteiger partial charge in [0.25, 0.3) is 0 Å². The Balaban J connectivity index is 0.00000110. The number of carbonyl (C=O) groups is 1. The molecular weight excluding hydrogens is 309 g/mol. The Morgan fingerprint density at radius 1 is 1.14 bits per heavy atom. The molecule has 0 aromatic carbocycles. The number of amides is 1. The highest BCUT2D eigenvalue weighted by Crippen LogP contribution is 2.47. The lowest BCUT2D eigenvalue weighted by Crippen LogP contribution is -2.47. The molecule has 4 nitrogen and oxygen atoms in total. The maximum absolute atomic E-state index is 12.4. The lowest BCUT2D eigenvalue weighted by atomic mass is 9.84. The lowest BCUT2D eigenvalue weighted by molar-refractivity contribution is -0.127. The fourth-order valence-electron chi connectivity index (χ4n) is 4.35. The van der Waals surface area contributed by atoms with Crippen molar-refractivity contribution in [1.82, 2.24) is 10.2 Å². The minimum Gasteiger partial charge on any atom is -0.356 e. The molecule has 0 aromatic heterocycles. The second-order valence-electron chi connectivity index (χ2n) is 6.93. The van der Waals surface area contributed by atoms with Crippen LogP contribution < -0.4 is 11.1 Å². The Kier molecular flexibility index (Phi) is 7.25. The van der Waals surface area contributed by atoms with Crippen LogP contribution in [0.15, 0.2) is 0 Å². The third kappa shape index (κ3) is 4.04. The van der Waals surface area contributed by atoms with Gasteiger partial charge in [-0.05, 0) is 70.0 Å². The van der Waals surface area contributed by atoms with Crippen LogP contribution in [-0.2, 0) is 4.79 Å². The van der Waals surface area contributed by atoms with Crippen molar-refractivity contribution in [2.24, 2.45) is 29.4 Å². The topological polar surface area (TPSA) is 58.4 Å². The number of nitrogens with zero attached hydrogens (tertiary/aromatic N) is 1. The number of rotatable bonds is 3. The highest BCUT2D eigenvalue weighted by atomic mass is 35.5. The number of carbonyl (C=O) groups excluding carboxylic acids is 1. The molecule has 4 atom stereocenters. The van der Waals surface area contributed by atoms with E-state index in [0.717, 1.165) is 19.6 Å². The first-order chi connectivity index (χ1) is 9.15. The number of fused-ring (bicyclic) bond motifs is 2. The molecule has 3 fully saturated rings. The predicted molar refractivity (Wildman–Crippen MR) is 90.0 cm³/mol. The number of likely N-dealkylation sites (tertiary alicyclic amines) is 1. The molecule has 0 radical (unpaired) electrons. The number of piperidine rings is 1. The molecule has 0 spiro atoms. The Labute approximate surface area is 140 Å². The Morgan fingerprint density at radius 3 is 2.33 bits per heavy atom. The van der Waals surface area contributed by atoms with Gasteiger partial charge in [-0.2, -0.15) is 0 Å². The fourth-order valence-corrected chi connectivity index (χ4v) is 4.35. The van der Waals surface area contributed by atoms with Gasteiger partial charge in [0.05, 0.1) is 5.92 Å². The smallest absolute Gasteiger partial charge is 0.224 e. The van der Waals surface area contributed by atoms with Gasteiger partial charge in [0.2, 0.25) is 5.91 Å². The molecule has 4 unspecified atom stereocenters. The standard InChI is InChI=1S/C15H27N3O.2ClH/c1-18-6-4-10(5-7-18)9-17-15(19)13-11-2-3-12(8-11)14(13)16;;/h10-14H,2-9,16H2,1H3,(H,17,19);2*1H. The molecule has 1 amide bonds. The molecule has 6 heteroatoms. The van der Waals surface area contributed by atoms with Crippen molar-refractivity contribution >= 4 is 30.7 Å². The number of nitrogens with one attached hydrogen (secondary N) is 1. The molecule has 1 aliphatic heterocycles. The van der Waals surface area contributed by atoms with E-state index in [9.17, 15) is 4.79 Å². The molecule has 2 bridgehead atoms. The second-order valence-corrected chi connectivity index (χ2v) is 6.93. The third-order valence-corrected chi connectivity index (χ3v) is 5.69. The zero-order valence-electron chi connectivity index (χ0n) is 12.8. The summed E-state index contributed by atoms with van der Waals surface area (Å²) in [4.78, 5) is 14.7. The van der Waals surface area contributed by atoms with E-state index in [2.05, 4.69) is 17.3 Å². The molecule has 2 saturated carbocycles. The van der Waals surface area contributed by atoms with E-state index in [-0.39, 0.29) is 42.7 Å². The Bertz CT molecular complexity index is 346. The highest BCUT2D eigenvalue weighted by Gasteiger charge is 2.48. The second kappa shape index (κ2) is 8.00. The summed E-state index contributed by atoms with van der Waals surface area (Å²) < 4.78 is 0. The monoisotopic (exact) mass is 337 g/mol. The summed E-state index contributed by atoms with van der Waals surface area (Å²) in [5, 5.41) is 3.19. The molecule has 21 heavy (non-hydrogen) atoms. The Hall–Kier alpha value is -0.0300. The zero-order valence-corrected chi connectivity index (χ0v) is 14.4. The van der Waals surface area contributed by atoms with E-state index in [4.69, 9.17) is 5.73 Å². The summed E-state index contributed by atoms with van der Waals surface area (Å²) in [6, 6.07) is 0.122. The number of hydrogen-bond donors (Lipinski definition) is 2. The van der Waals surface area contributed by atoms with Crippen molar-refractivity contribution in [2.75, 3.05) is 26.7 Å². The summed E-state index contributed by atoms with van der Waals surface area (Å²) in [6.07, 6.45) is 6.06. The molecule has 1 heterocycles. The average molecular weight is 338 g/mol. The van der Waals surface area contributed by atoms with Crippen LogP contribution >= 0.6 is 24.8 Å². The van der Waals surface area contributed by atoms with Crippen LogP contribution in [0.1, 0.15) is 32.1 Å². The first-order valence-corrected chi connectivity index (χ1v) is 7.87. The fraction of sp³-hybridized carbons (Fsp3) is 0.933. The highest BCUT2D eigenvalue weighted by molar-refractivity contribution is 5.85. The SMILES string of the molecule is CN1CCC(CNC(=O)C2C3CCC(C3)C2N)CC1.Cl.Cl. The van der Waals surface area contributed by atoms with Gasteiger partial charge in [0.15, 0.2) is 0 Å². The Morgan fingerprint density at radius 2 is 1.76 bits per heavy atom. The van der Waals surface area contributed by atoms with E-state index in [1.165, 1.54) is 32.1 Å². The van der Waals surface area contributed by atoms with Crippen LogP contribution in [0.2, 0.25) is 0 Å². The lowest BCUT2D eigenvalue weighted by Gasteiger charge is -2.31. The third-order valence-electron chi connectivity index (χ3n) is 5.69. The van der Waals surface area contributed by atoms with Crippen LogP contribution in [0.4, 0.5) is 0 Å². The van der Waals surface area contributed by atoms with Crippen LogP contribution in [0, 0.1) is 23.7 Å². The number of hydrogen-bond acceptors (Lipinski definition) is 3. The van der Waals surface area contributed by atoms with E-state index < -0.39 is 0 Å². The predicted octanol–water partition coefficient (Wildman–Crippen LogP) is 1.66. The minimum absolute atomic E-state index is 0. The van der Waals surface area contributed by atoms with E-state index in [0.29, 0.717) is 17.8 Å². The first-order valence-electron chi connectivity index (χ1n) is 7.87. The van der Waals surface area contributed by atoms with Gasteiger partial charge < -0.3 is 16.0 Å². The van der Waals surface area contributed by atoms with Gasteiger partial charge >= 0.3 is 0 Å². The van der Waals surface area contributed by atoms with Gasteiger partial charge in [-0.1, -0.05) is 0 Å². The molecule has 1 saturated heterocycles. The van der Waals surface area contributed by atoms with Gasteiger partial charge in [0, 0.05) is 12.6 Å². The first kappa shape index (κ1) is 19.0. The molecule has 0 aromatic rings. The molecular formula is C15H29Cl2N3O. The summed E-state index contributed by atoms with van der Waals surface area (Å²) in [7, 11) is 2.17. The normalized spacial score (nSPS) is 35.9. The van der Waals surface area contributed by atoms with Gasteiger partial charge in [0.1, 0.15) is 0 Å². The number of halogens is 2. The van der Waals surface area contributed by atoms with Gasteiger partial charge in [-0.25, -0.2) is 0 Å². The van der Waals surface area contributed by atoms with Crippen molar-refractivity contribution in [3.63, 3.8) is 0 Å². The summed E-state index contributed by atoms with van der Waals surface area (Å²) in [5.74, 6) is 2.18. The molecule has 3 aliphatic rings. The van der Waals surface area contributed by atoms with Crippen molar-refractivity contribution in [3.05, 3.63) is 0 Å². The molecule has 3 rings (SSSR count). The van der Waals surface area contributed by atoms with Crippen LogP contribution in [0.5, 0.6) is 0 Å². The average Bonchev–Trinajstić information content (AvgIpc) is 2.98. The molecule has 124 valence electrons. The molecule has 3 N–H and O–H groups in total. The molecule has 2 aliphatic carbocycles. The largest absolute Gasteiger partial charge is 0.356 e. The van der Waals surface area contributed by atoms with E-state index in [1.807, 2.05) is 0 Å². The zero-order chi connectivity index (χ0) is 13.4. The van der Waals surface area contributed by atoms with Crippen molar-refractivity contribution in [3.8, 4) is 0 Å². The van der Waals surface area contributed by atoms with Crippen molar-refractivity contribution in [2.45, 2.75) is 38.1 Å². The summed E-state index contributed by atoms with van der Waals surface area (Å²) in [5.41, 5.74) is 6.22. The van der Waals surface area contributed by atoms with Gasteiger partial charge in [-0.15, -0.1) is 24.8 Å². The number of nitrogens with two attached hydrogens (primary N) is 1. The summed E-state index contributed by atoms with van der Waals surface area (Å²) in [6.45, 7) is 3.18. The van der Waals surface area contributed by atoms with Crippen molar-refractivity contribution in [1.29, 1.82) is 0 Å². The van der Waals surface area contributed by atoms with Gasteiger partial charge in [-0.3, -0.25) is 4.79 Å². The van der Waals surface area contributed by atoms with E-state index in [1.54, 1.807) is 0 Å². The van der Waals surface area contributed by atoms with Crippen LogP contribution in [0.25, 0.3) is 0 Å². The minimum atomic E-state index is 0. The van der Waals surface area contributed by atoms with E-state index >= 15 is 0 Å². The summed E-state index contributed by atoms with van der Waals surface area (Å²) >= 11 is 0. The van der Waals surface area contributed by atoms with Crippen LogP contribution in [0.3, 0.4) is 0 Å². The maximum atomic E-state index is 12.4.